The fourth-order valence-corrected chi connectivity index (χ4v) is 4.56. The first-order chi connectivity index (χ1) is 20.6. The van der Waals surface area contributed by atoms with Crippen LogP contribution in [0.1, 0.15) is 32.1 Å². The van der Waals surface area contributed by atoms with Crippen LogP contribution < -0.4 is 10.7 Å². The van der Waals surface area contributed by atoms with Gasteiger partial charge in [-0.2, -0.15) is 0 Å². The van der Waals surface area contributed by atoms with Crippen LogP contribution >= 0.6 is 0 Å². The van der Waals surface area contributed by atoms with Gasteiger partial charge >= 0.3 is 24.1 Å². The van der Waals surface area contributed by atoms with Crippen molar-refractivity contribution in [2.75, 3.05) is 26.8 Å². The number of carboxylic acid groups (broad SMARTS) is 1. The van der Waals surface area contributed by atoms with E-state index in [1.807, 2.05) is 6.08 Å². The molecule has 0 aromatic rings. The third kappa shape index (κ3) is 8.40. The number of carbonyl (C=O) groups excluding carboxylic acids is 6. The minimum atomic E-state index is -1.62. The van der Waals surface area contributed by atoms with E-state index >= 15 is 0 Å². The van der Waals surface area contributed by atoms with Crippen LogP contribution in [0, 0.1) is 0 Å². The number of fused-ring (bicyclic) bond motifs is 1. The summed E-state index contributed by atoms with van der Waals surface area (Å²) < 4.78 is 9.71. The lowest BCUT2D eigenvalue weighted by Gasteiger charge is -2.42. The number of aliphatic carboxylic acids is 1. The van der Waals surface area contributed by atoms with Gasteiger partial charge in [0.1, 0.15) is 12.1 Å². The molecule has 2 aliphatic heterocycles. The Kier molecular flexibility index (Phi) is 11.4. The molecule has 3 rings (SSSR count). The second-order valence-corrected chi connectivity index (χ2v) is 9.53. The number of esters is 1. The summed E-state index contributed by atoms with van der Waals surface area (Å²) in [4.78, 5) is 88.6. The summed E-state index contributed by atoms with van der Waals surface area (Å²) in [6.07, 6.45) is 10.4. The highest BCUT2D eigenvalue weighted by Crippen LogP contribution is 2.24. The van der Waals surface area contributed by atoms with Crippen molar-refractivity contribution in [3.8, 4) is 0 Å². The van der Waals surface area contributed by atoms with Gasteiger partial charge in [-0.3, -0.25) is 19.2 Å². The monoisotopic (exact) mass is 599 g/mol. The molecule has 0 bridgehead atoms. The minimum absolute atomic E-state index is 0.0743. The molecule has 0 aromatic heterocycles. The largest absolute Gasteiger partial charge is 0.481 e. The number of ether oxygens (including phenoxy) is 2. The average molecular weight is 600 g/mol. The van der Waals surface area contributed by atoms with Gasteiger partial charge in [0.15, 0.2) is 12.4 Å². The maximum Gasteiger partial charge on any atom is 0.425 e. The van der Waals surface area contributed by atoms with E-state index < -0.39 is 66.8 Å². The summed E-state index contributed by atoms with van der Waals surface area (Å²) in [6, 6.07) is -3.83. The number of carbonyl (C=O) groups is 7. The molecule has 2 atom stereocenters. The fraction of sp³-hybridized carbons (Fsp3) is 0.393. The molecule has 2 unspecified atom stereocenters. The van der Waals surface area contributed by atoms with Gasteiger partial charge in [-0.15, -0.1) is 0 Å². The number of urea groups is 1. The molecule has 0 radical (unpaired) electrons. The van der Waals surface area contributed by atoms with Crippen molar-refractivity contribution in [1.82, 2.24) is 25.8 Å². The Morgan fingerprint density at radius 2 is 1.95 bits per heavy atom. The molecule has 230 valence electrons. The molecule has 5 amide bonds. The van der Waals surface area contributed by atoms with Gasteiger partial charge in [-0.25, -0.2) is 34.8 Å². The van der Waals surface area contributed by atoms with Crippen LogP contribution in [0.3, 0.4) is 0 Å². The van der Waals surface area contributed by atoms with Crippen molar-refractivity contribution in [3.05, 3.63) is 60.3 Å². The summed E-state index contributed by atoms with van der Waals surface area (Å²) in [5.41, 5.74) is 3.00. The molecule has 15 nitrogen and oxygen atoms in total. The molecule has 0 saturated carbocycles. The summed E-state index contributed by atoms with van der Waals surface area (Å²) >= 11 is 0. The smallest absolute Gasteiger partial charge is 0.425 e. The lowest BCUT2D eigenvalue weighted by atomic mass is 10.0. The van der Waals surface area contributed by atoms with E-state index in [9.17, 15) is 38.7 Å². The van der Waals surface area contributed by atoms with Gasteiger partial charge in [-0.05, 0) is 30.9 Å². The zero-order valence-corrected chi connectivity index (χ0v) is 23.5. The third-order valence-electron chi connectivity index (χ3n) is 6.66. The molecular formula is C28H33N5O10. The lowest BCUT2D eigenvalue weighted by Crippen LogP contribution is -2.65. The van der Waals surface area contributed by atoms with Crippen molar-refractivity contribution < 1.29 is 48.1 Å². The van der Waals surface area contributed by atoms with Crippen molar-refractivity contribution in [1.29, 1.82) is 0 Å². The molecule has 0 aromatic carbocycles. The number of nitrogens with one attached hydrogen (secondary N) is 2. The Balaban J connectivity index is 1.76. The first-order valence-corrected chi connectivity index (χ1v) is 13.4. The van der Waals surface area contributed by atoms with Gasteiger partial charge in [0.2, 0.25) is 11.8 Å². The maximum atomic E-state index is 13.4. The minimum Gasteiger partial charge on any atom is -0.481 e. The highest BCUT2D eigenvalue weighted by Gasteiger charge is 2.44. The molecule has 15 heteroatoms. The average Bonchev–Trinajstić information content (AvgIpc) is 3.11. The highest BCUT2D eigenvalue weighted by atomic mass is 16.5. The van der Waals surface area contributed by atoms with E-state index in [2.05, 4.69) is 22.1 Å². The quantitative estimate of drug-likeness (QED) is 0.175. The van der Waals surface area contributed by atoms with E-state index in [1.54, 1.807) is 18.2 Å². The summed E-state index contributed by atoms with van der Waals surface area (Å²) in [5.74, 6) is -4.55. The van der Waals surface area contributed by atoms with Crippen LogP contribution in [0.5, 0.6) is 0 Å². The molecule has 3 aliphatic rings. The first-order valence-electron chi connectivity index (χ1n) is 13.4. The van der Waals surface area contributed by atoms with Crippen LogP contribution in [0.25, 0.3) is 0 Å². The molecule has 2 fully saturated rings. The van der Waals surface area contributed by atoms with Gasteiger partial charge in [0, 0.05) is 13.0 Å². The number of hydrogen-bond acceptors (Lipinski definition) is 9. The lowest BCUT2D eigenvalue weighted by molar-refractivity contribution is -0.155. The highest BCUT2D eigenvalue weighted by molar-refractivity contribution is 5.98. The number of carboxylic acids is 1. The van der Waals surface area contributed by atoms with Gasteiger partial charge in [-0.1, -0.05) is 43.0 Å². The number of amides is 5. The number of Topliss-reactive ketones (excluding diaryl/α,β-unsaturated/α-hetero) is 1. The predicted molar refractivity (Wildman–Crippen MR) is 148 cm³/mol. The third-order valence-corrected chi connectivity index (χ3v) is 6.66. The van der Waals surface area contributed by atoms with Crippen molar-refractivity contribution in [2.45, 2.75) is 44.2 Å². The van der Waals surface area contributed by atoms with E-state index in [0.717, 1.165) is 22.1 Å². The Hall–Kier alpha value is -5.21. The standard InChI is InChI=1S/C28H33N5O10/c1-3-4-11-19(18-9-6-5-7-10-18)26(39)43-17-22(34)20(16-24(36)37)29-25(38)21-12-8-14-32-23(35)13-15-31(28(41)33(21)32)30-27(40)42-2/h3-7,9,11,20-21H,1,8,10,12-17H2,2H3,(H,29,38)(H,30,40)(H,36,37)/b11-4+,19-18-. The molecule has 0 spiro atoms. The number of hydrazine groups is 2. The van der Waals surface area contributed by atoms with E-state index in [0.29, 0.717) is 18.4 Å². The zero-order valence-electron chi connectivity index (χ0n) is 23.5. The van der Waals surface area contributed by atoms with Crippen LogP contribution in [-0.2, 0) is 33.4 Å². The van der Waals surface area contributed by atoms with Gasteiger partial charge < -0.3 is 19.9 Å². The summed E-state index contributed by atoms with van der Waals surface area (Å²) in [5, 5.41) is 14.5. The Labute approximate surface area is 247 Å². The fourth-order valence-electron chi connectivity index (χ4n) is 4.56. The Morgan fingerprint density at radius 3 is 2.60 bits per heavy atom. The van der Waals surface area contributed by atoms with E-state index in [-0.39, 0.29) is 31.5 Å². The van der Waals surface area contributed by atoms with Crippen LogP contribution in [0.2, 0.25) is 0 Å². The van der Waals surface area contributed by atoms with E-state index in [1.165, 1.54) is 18.2 Å². The molecule has 2 heterocycles. The van der Waals surface area contributed by atoms with Gasteiger partial charge in [0.05, 0.1) is 25.6 Å². The van der Waals surface area contributed by atoms with Crippen LogP contribution in [-0.4, -0.2) is 101 Å². The molecule has 1 aliphatic carbocycles. The zero-order chi connectivity index (χ0) is 31.5. The molecule has 3 N–H and O–H groups in total. The first kappa shape index (κ1) is 32.3. The molecule has 43 heavy (non-hydrogen) atoms. The van der Waals surface area contributed by atoms with Crippen LogP contribution in [0.15, 0.2) is 60.3 Å². The SMILES string of the molecule is C=C/C=C/C(C(=O)OCC(=O)C(CC(=O)O)NC(=O)C1CCCN2C(=O)CCN(NC(=O)OC)C(=O)N12)=C1\C=CC=CC1. The Bertz CT molecular complexity index is 1300. The van der Waals surface area contributed by atoms with Crippen LogP contribution in [0.4, 0.5) is 9.59 Å². The second kappa shape index (κ2) is 15.1. The second-order valence-electron chi connectivity index (χ2n) is 9.53. The van der Waals surface area contributed by atoms with Crippen molar-refractivity contribution >= 4 is 41.7 Å². The van der Waals surface area contributed by atoms with Gasteiger partial charge in [0.25, 0.3) is 0 Å². The predicted octanol–water partition coefficient (Wildman–Crippen LogP) is 0.918. The summed E-state index contributed by atoms with van der Waals surface area (Å²) in [7, 11) is 1.09. The number of rotatable bonds is 11. The number of methoxy groups -OCH3 is 1. The molecule has 2 saturated heterocycles. The number of allylic oxidation sites excluding steroid dienone is 7. The maximum absolute atomic E-state index is 13.4. The number of hydrogen-bond donors (Lipinski definition) is 3. The normalized spacial score (nSPS) is 20.1. The number of ketones is 1. The summed E-state index contributed by atoms with van der Waals surface area (Å²) in [6.45, 7) is 2.66. The van der Waals surface area contributed by atoms with Crippen molar-refractivity contribution in [3.63, 3.8) is 0 Å². The van der Waals surface area contributed by atoms with E-state index in [4.69, 9.17) is 4.74 Å². The Morgan fingerprint density at radius 1 is 1.19 bits per heavy atom. The molecular weight excluding hydrogens is 566 g/mol. The van der Waals surface area contributed by atoms with Crippen molar-refractivity contribution in [2.24, 2.45) is 0 Å². The topological polar surface area (TPSA) is 192 Å². The number of nitrogens with zero attached hydrogens (tertiary/aromatic N) is 3.